The molecule has 0 spiro atoms. The van der Waals surface area contributed by atoms with Crippen molar-refractivity contribution in [3.63, 3.8) is 0 Å². The van der Waals surface area contributed by atoms with E-state index in [1.807, 2.05) is 66.7 Å². The predicted molar refractivity (Wildman–Crippen MR) is 117 cm³/mol. The zero-order valence-electron chi connectivity index (χ0n) is 14.7. The van der Waals surface area contributed by atoms with Crippen LogP contribution >= 0.6 is 27.7 Å². The van der Waals surface area contributed by atoms with Crippen molar-refractivity contribution in [2.24, 2.45) is 0 Å². The van der Waals surface area contributed by atoms with Crippen molar-refractivity contribution in [3.05, 3.63) is 71.2 Å². The number of nitrogens with one attached hydrogen (secondary N) is 1. The molecule has 0 unspecified atom stereocenters. The average molecular weight is 454 g/mol. The number of carbonyl (C=O) groups is 1. The number of nitrogens with two attached hydrogens (primary N) is 1. The van der Waals surface area contributed by atoms with Crippen molar-refractivity contribution in [3.8, 4) is 11.4 Å². The van der Waals surface area contributed by atoms with Gasteiger partial charge in [0.05, 0.1) is 5.75 Å². The molecule has 0 radical (unpaired) electrons. The molecule has 140 valence electrons. The molecular formula is C20H16BrN5OS. The summed E-state index contributed by atoms with van der Waals surface area (Å²) in [6.45, 7) is 0. The van der Waals surface area contributed by atoms with Crippen LogP contribution in [0.4, 0.5) is 5.69 Å². The molecule has 3 aromatic carbocycles. The van der Waals surface area contributed by atoms with Crippen LogP contribution < -0.4 is 11.2 Å². The maximum Gasteiger partial charge on any atom is 0.234 e. The van der Waals surface area contributed by atoms with Gasteiger partial charge < -0.3 is 11.2 Å². The van der Waals surface area contributed by atoms with Crippen LogP contribution in [0.1, 0.15) is 0 Å². The maximum atomic E-state index is 12.3. The zero-order valence-corrected chi connectivity index (χ0v) is 17.1. The van der Waals surface area contributed by atoms with Crippen LogP contribution in [0.5, 0.6) is 0 Å². The second kappa shape index (κ2) is 8.04. The van der Waals surface area contributed by atoms with Crippen LogP contribution in [-0.2, 0) is 4.79 Å². The van der Waals surface area contributed by atoms with Gasteiger partial charge in [-0.3, -0.25) is 4.79 Å². The topological polar surface area (TPSA) is 85.8 Å². The van der Waals surface area contributed by atoms with Crippen molar-refractivity contribution < 1.29 is 4.79 Å². The molecule has 28 heavy (non-hydrogen) atoms. The Hall–Kier alpha value is -2.84. The first kappa shape index (κ1) is 18.5. The lowest BCUT2D eigenvalue weighted by Gasteiger charge is -2.07. The van der Waals surface area contributed by atoms with E-state index in [2.05, 4.69) is 31.4 Å². The van der Waals surface area contributed by atoms with Gasteiger partial charge in [-0.15, -0.1) is 10.2 Å². The Morgan fingerprint density at radius 2 is 1.79 bits per heavy atom. The minimum atomic E-state index is -0.134. The number of rotatable bonds is 5. The Balaban J connectivity index is 1.43. The molecule has 0 bridgehead atoms. The predicted octanol–water partition coefficient (Wildman–Crippen LogP) is 4.31. The fourth-order valence-corrected chi connectivity index (χ4v) is 3.91. The van der Waals surface area contributed by atoms with Crippen LogP contribution in [0, 0.1) is 0 Å². The third kappa shape index (κ3) is 3.88. The standard InChI is InChI=1S/C20H16BrN5OS/c21-17-8-4-3-7-16(17)19-24-25-20(26(19)22)28-12-18(27)23-15-10-9-13-5-1-2-6-14(13)11-15/h1-11H,12,22H2,(H,23,27). The van der Waals surface area contributed by atoms with Gasteiger partial charge in [0.1, 0.15) is 0 Å². The van der Waals surface area contributed by atoms with Gasteiger partial charge >= 0.3 is 0 Å². The second-order valence-electron chi connectivity index (χ2n) is 6.05. The average Bonchev–Trinajstić information content (AvgIpc) is 3.07. The van der Waals surface area contributed by atoms with E-state index in [9.17, 15) is 4.79 Å². The molecule has 4 aromatic rings. The summed E-state index contributed by atoms with van der Waals surface area (Å²) in [6, 6.07) is 21.5. The molecule has 0 aliphatic heterocycles. The smallest absolute Gasteiger partial charge is 0.234 e. The van der Waals surface area contributed by atoms with Crippen molar-refractivity contribution in [1.82, 2.24) is 14.9 Å². The monoisotopic (exact) mass is 453 g/mol. The first-order valence-electron chi connectivity index (χ1n) is 8.48. The summed E-state index contributed by atoms with van der Waals surface area (Å²) in [7, 11) is 0. The molecule has 0 fully saturated rings. The maximum absolute atomic E-state index is 12.3. The molecule has 0 aliphatic carbocycles. The quantitative estimate of drug-likeness (QED) is 0.347. The number of amides is 1. The number of thioether (sulfide) groups is 1. The van der Waals surface area contributed by atoms with Crippen LogP contribution in [0.15, 0.2) is 76.4 Å². The van der Waals surface area contributed by atoms with Gasteiger partial charge in [-0.25, -0.2) is 4.68 Å². The SMILES string of the molecule is Nn1c(SCC(=O)Nc2ccc3ccccc3c2)nnc1-c1ccccc1Br. The Kier molecular flexibility index (Phi) is 5.31. The minimum Gasteiger partial charge on any atom is -0.335 e. The van der Waals surface area contributed by atoms with Crippen molar-refractivity contribution >= 4 is 50.1 Å². The Morgan fingerprint density at radius 1 is 1.04 bits per heavy atom. The highest BCUT2D eigenvalue weighted by molar-refractivity contribution is 9.10. The van der Waals surface area contributed by atoms with E-state index in [0.29, 0.717) is 11.0 Å². The number of carbonyl (C=O) groups excluding carboxylic acids is 1. The summed E-state index contributed by atoms with van der Waals surface area (Å²) in [5.74, 6) is 6.70. The number of anilines is 1. The molecule has 0 saturated carbocycles. The van der Waals surface area contributed by atoms with E-state index in [4.69, 9.17) is 5.84 Å². The van der Waals surface area contributed by atoms with E-state index < -0.39 is 0 Å². The number of fused-ring (bicyclic) bond motifs is 1. The molecule has 3 N–H and O–H groups in total. The molecule has 8 heteroatoms. The van der Waals surface area contributed by atoms with Crippen molar-refractivity contribution in [2.45, 2.75) is 5.16 Å². The minimum absolute atomic E-state index is 0.134. The van der Waals surface area contributed by atoms with E-state index in [1.165, 1.54) is 16.4 Å². The van der Waals surface area contributed by atoms with Crippen LogP contribution in [0.2, 0.25) is 0 Å². The van der Waals surface area contributed by atoms with Gasteiger partial charge in [0.25, 0.3) is 0 Å². The molecular weight excluding hydrogens is 438 g/mol. The van der Waals surface area contributed by atoms with Gasteiger partial charge in [-0.2, -0.15) is 0 Å². The Labute approximate surface area is 174 Å². The highest BCUT2D eigenvalue weighted by atomic mass is 79.9. The Morgan fingerprint density at radius 3 is 2.61 bits per heavy atom. The fraction of sp³-hybridized carbons (Fsp3) is 0.0500. The summed E-state index contributed by atoms with van der Waals surface area (Å²) in [5.41, 5.74) is 1.59. The van der Waals surface area contributed by atoms with Gasteiger partial charge in [-0.1, -0.05) is 70.2 Å². The Bertz CT molecular complexity index is 1160. The summed E-state index contributed by atoms with van der Waals surface area (Å²) >= 11 is 4.72. The van der Waals surface area contributed by atoms with Crippen molar-refractivity contribution in [1.29, 1.82) is 0 Å². The number of halogens is 1. The third-order valence-corrected chi connectivity index (χ3v) is 5.78. The number of benzene rings is 3. The third-order valence-electron chi connectivity index (χ3n) is 4.14. The highest BCUT2D eigenvalue weighted by Gasteiger charge is 2.15. The van der Waals surface area contributed by atoms with Crippen LogP contribution in [0.3, 0.4) is 0 Å². The van der Waals surface area contributed by atoms with Crippen LogP contribution in [0.25, 0.3) is 22.2 Å². The van der Waals surface area contributed by atoms with Gasteiger partial charge in [0.2, 0.25) is 11.1 Å². The number of nitrogens with zero attached hydrogens (tertiary/aromatic N) is 3. The van der Waals surface area contributed by atoms with E-state index in [-0.39, 0.29) is 11.7 Å². The van der Waals surface area contributed by atoms with Crippen LogP contribution in [-0.4, -0.2) is 26.5 Å². The van der Waals surface area contributed by atoms with Gasteiger partial charge in [0.15, 0.2) is 5.82 Å². The molecule has 4 rings (SSSR count). The summed E-state index contributed by atoms with van der Waals surface area (Å²) < 4.78 is 2.27. The molecule has 1 heterocycles. The fourth-order valence-electron chi connectivity index (χ4n) is 2.80. The van der Waals surface area contributed by atoms with E-state index in [1.54, 1.807) is 0 Å². The second-order valence-corrected chi connectivity index (χ2v) is 7.85. The number of hydrogen-bond acceptors (Lipinski definition) is 5. The summed E-state index contributed by atoms with van der Waals surface area (Å²) in [4.78, 5) is 12.3. The number of aromatic nitrogens is 3. The lowest BCUT2D eigenvalue weighted by atomic mass is 10.1. The van der Waals surface area contributed by atoms with Crippen molar-refractivity contribution in [2.75, 3.05) is 16.9 Å². The summed E-state index contributed by atoms with van der Waals surface area (Å²) in [6.07, 6.45) is 0. The first-order chi connectivity index (χ1) is 13.6. The van der Waals surface area contributed by atoms with Gasteiger partial charge in [-0.05, 0) is 35.0 Å². The molecule has 1 aromatic heterocycles. The zero-order chi connectivity index (χ0) is 19.5. The van der Waals surface area contributed by atoms with Gasteiger partial charge in [0, 0.05) is 15.7 Å². The number of hydrogen-bond donors (Lipinski definition) is 2. The molecule has 0 saturated heterocycles. The number of nitrogen functional groups attached to an aromatic ring is 1. The summed E-state index contributed by atoms with van der Waals surface area (Å²) in [5, 5.41) is 13.8. The molecule has 1 amide bonds. The van der Waals surface area contributed by atoms with E-state index in [0.717, 1.165) is 26.5 Å². The molecule has 0 atom stereocenters. The highest BCUT2D eigenvalue weighted by Crippen LogP contribution is 2.28. The molecule has 0 aliphatic rings. The normalized spacial score (nSPS) is 10.9. The lowest BCUT2D eigenvalue weighted by molar-refractivity contribution is -0.113. The first-order valence-corrected chi connectivity index (χ1v) is 10.3. The largest absolute Gasteiger partial charge is 0.335 e. The molecule has 6 nitrogen and oxygen atoms in total. The lowest BCUT2D eigenvalue weighted by Crippen LogP contribution is -2.16. The van der Waals surface area contributed by atoms with E-state index >= 15 is 0 Å².